The first-order chi connectivity index (χ1) is 15.1. The third-order valence-electron chi connectivity index (χ3n) is 5.75. The summed E-state index contributed by atoms with van der Waals surface area (Å²) in [5, 5.41) is 0. The summed E-state index contributed by atoms with van der Waals surface area (Å²) in [6.07, 6.45) is 2.60. The standard InChI is InChI=1S/C27H28N2O2/c1-21-8-7-9-23(18-21)20-29(27(31)24-10-3-2-4-11-24)25-14-12-22(13-15-25)19-26(30)28-16-5-6-17-28/h2-4,7-15,18H,5-6,16-17,19-20H2,1H3. The van der Waals surface area contributed by atoms with Gasteiger partial charge in [0.1, 0.15) is 0 Å². The lowest BCUT2D eigenvalue weighted by molar-refractivity contribution is -0.129. The largest absolute Gasteiger partial charge is 0.342 e. The monoisotopic (exact) mass is 412 g/mol. The van der Waals surface area contributed by atoms with Gasteiger partial charge in [0.05, 0.1) is 13.0 Å². The van der Waals surface area contributed by atoms with E-state index in [-0.39, 0.29) is 11.8 Å². The van der Waals surface area contributed by atoms with Crippen LogP contribution < -0.4 is 4.90 Å². The van der Waals surface area contributed by atoms with Crippen LogP contribution in [-0.2, 0) is 17.8 Å². The molecule has 0 bridgehead atoms. The van der Waals surface area contributed by atoms with Gasteiger partial charge in [-0.2, -0.15) is 0 Å². The Bertz CT molecular complexity index is 1040. The maximum absolute atomic E-state index is 13.3. The molecule has 1 aliphatic heterocycles. The van der Waals surface area contributed by atoms with E-state index >= 15 is 0 Å². The van der Waals surface area contributed by atoms with E-state index in [0.717, 1.165) is 42.7 Å². The Morgan fingerprint density at radius 3 is 2.23 bits per heavy atom. The Labute approximate surface area is 184 Å². The van der Waals surface area contributed by atoms with Crippen LogP contribution in [0.25, 0.3) is 0 Å². The molecule has 0 aromatic heterocycles. The van der Waals surface area contributed by atoms with Gasteiger partial charge in [-0.1, -0.05) is 60.2 Å². The van der Waals surface area contributed by atoms with E-state index in [1.165, 1.54) is 5.56 Å². The summed E-state index contributed by atoms with van der Waals surface area (Å²) < 4.78 is 0. The normalized spacial score (nSPS) is 13.3. The molecule has 1 aliphatic rings. The highest BCUT2D eigenvalue weighted by molar-refractivity contribution is 6.06. The van der Waals surface area contributed by atoms with Gasteiger partial charge in [-0.25, -0.2) is 0 Å². The summed E-state index contributed by atoms with van der Waals surface area (Å²) >= 11 is 0. The van der Waals surface area contributed by atoms with Gasteiger partial charge in [-0.3, -0.25) is 9.59 Å². The molecule has 4 rings (SSSR count). The van der Waals surface area contributed by atoms with Gasteiger partial charge >= 0.3 is 0 Å². The molecule has 0 spiro atoms. The second kappa shape index (κ2) is 9.61. The molecule has 2 amide bonds. The van der Waals surface area contributed by atoms with Crippen molar-refractivity contribution in [1.29, 1.82) is 0 Å². The molecule has 1 heterocycles. The molecule has 3 aromatic carbocycles. The van der Waals surface area contributed by atoms with E-state index in [1.54, 1.807) is 4.90 Å². The van der Waals surface area contributed by atoms with Crippen molar-refractivity contribution in [2.75, 3.05) is 18.0 Å². The number of hydrogen-bond donors (Lipinski definition) is 0. The lowest BCUT2D eigenvalue weighted by atomic mass is 10.1. The van der Waals surface area contributed by atoms with Gasteiger partial charge in [0.2, 0.25) is 5.91 Å². The van der Waals surface area contributed by atoms with Gasteiger partial charge in [0.25, 0.3) is 5.91 Å². The molecule has 0 atom stereocenters. The molecule has 158 valence electrons. The minimum absolute atomic E-state index is 0.0389. The molecule has 0 radical (unpaired) electrons. The van der Waals surface area contributed by atoms with Crippen molar-refractivity contribution in [3.63, 3.8) is 0 Å². The zero-order chi connectivity index (χ0) is 21.6. The lowest BCUT2D eigenvalue weighted by Gasteiger charge is -2.24. The minimum Gasteiger partial charge on any atom is -0.342 e. The van der Waals surface area contributed by atoms with E-state index in [9.17, 15) is 9.59 Å². The molecule has 0 aliphatic carbocycles. The third kappa shape index (κ3) is 5.21. The molecular weight excluding hydrogens is 384 g/mol. The van der Waals surface area contributed by atoms with Crippen LogP contribution in [0.15, 0.2) is 78.9 Å². The van der Waals surface area contributed by atoms with E-state index in [0.29, 0.717) is 18.5 Å². The molecule has 31 heavy (non-hydrogen) atoms. The molecule has 4 heteroatoms. The topological polar surface area (TPSA) is 40.6 Å². The number of carbonyl (C=O) groups is 2. The summed E-state index contributed by atoms with van der Waals surface area (Å²) in [7, 11) is 0. The molecule has 1 saturated heterocycles. The third-order valence-corrected chi connectivity index (χ3v) is 5.75. The highest BCUT2D eigenvalue weighted by Crippen LogP contribution is 2.22. The summed E-state index contributed by atoms with van der Waals surface area (Å²) in [6, 6.07) is 25.4. The summed E-state index contributed by atoms with van der Waals surface area (Å²) in [4.78, 5) is 29.5. The zero-order valence-electron chi connectivity index (χ0n) is 18.0. The Hall–Kier alpha value is -3.40. The molecule has 3 aromatic rings. The lowest BCUT2D eigenvalue weighted by Crippen LogP contribution is -2.30. The van der Waals surface area contributed by atoms with Crippen molar-refractivity contribution in [2.45, 2.75) is 32.7 Å². The number of nitrogens with zero attached hydrogens (tertiary/aromatic N) is 2. The average Bonchev–Trinajstić information content (AvgIpc) is 3.34. The van der Waals surface area contributed by atoms with Gasteiger partial charge in [0.15, 0.2) is 0 Å². The van der Waals surface area contributed by atoms with Crippen molar-refractivity contribution >= 4 is 17.5 Å². The van der Waals surface area contributed by atoms with Gasteiger partial charge < -0.3 is 9.80 Å². The van der Waals surface area contributed by atoms with Crippen LogP contribution in [0.5, 0.6) is 0 Å². The quantitative estimate of drug-likeness (QED) is 0.571. The van der Waals surface area contributed by atoms with Crippen LogP contribution in [-0.4, -0.2) is 29.8 Å². The Kier molecular flexibility index (Phi) is 6.46. The minimum atomic E-state index is -0.0389. The fraction of sp³-hybridized carbons (Fsp3) is 0.259. The highest BCUT2D eigenvalue weighted by Gasteiger charge is 2.20. The van der Waals surface area contributed by atoms with E-state index in [2.05, 4.69) is 19.1 Å². The zero-order valence-corrected chi connectivity index (χ0v) is 18.0. The maximum Gasteiger partial charge on any atom is 0.258 e. The molecule has 0 saturated carbocycles. The molecular formula is C27H28N2O2. The van der Waals surface area contributed by atoms with E-state index < -0.39 is 0 Å². The number of rotatable bonds is 6. The van der Waals surface area contributed by atoms with E-state index in [4.69, 9.17) is 0 Å². The van der Waals surface area contributed by atoms with Crippen molar-refractivity contribution in [1.82, 2.24) is 4.90 Å². The number of aryl methyl sites for hydroxylation is 1. The van der Waals surface area contributed by atoms with Crippen LogP contribution >= 0.6 is 0 Å². The summed E-state index contributed by atoms with van der Waals surface area (Å²) in [5.74, 6) is 0.144. The SMILES string of the molecule is Cc1cccc(CN(C(=O)c2ccccc2)c2ccc(CC(=O)N3CCCC3)cc2)c1. The van der Waals surface area contributed by atoms with E-state index in [1.807, 2.05) is 71.6 Å². The first kappa shape index (κ1) is 20.9. The second-order valence-corrected chi connectivity index (χ2v) is 8.18. The predicted molar refractivity (Wildman–Crippen MR) is 124 cm³/mol. The Morgan fingerprint density at radius 2 is 1.55 bits per heavy atom. The smallest absolute Gasteiger partial charge is 0.258 e. The molecule has 1 fully saturated rings. The first-order valence-electron chi connectivity index (χ1n) is 10.9. The van der Waals surface area contributed by atoms with Crippen molar-refractivity contribution in [3.8, 4) is 0 Å². The number of benzene rings is 3. The van der Waals surface area contributed by atoms with Crippen LogP contribution in [0, 0.1) is 6.92 Å². The molecule has 0 unspecified atom stereocenters. The average molecular weight is 413 g/mol. The molecule has 0 N–H and O–H groups in total. The van der Waals surface area contributed by atoms with Crippen molar-refractivity contribution in [3.05, 3.63) is 101 Å². The van der Waals surface area contributed by atoms with Crippen LogP contribution in [0.4, 0.5) is 5.69 Å². The second-order valence-electron chi connectivity index (χ2n) is 8.18. The Morgan fingerprint density at radius 1 is 0.839 bits per heavy atom. The number of amides is 2. The summed E-state index contributed by atoms with van der Waals surface area (Å²) in [6.45, 7) is 4.28. The predicted octanol–water partition coefficient (Wildman–Crippen LogP) is 5.01. The van der Waals surface area contributed by atoms with Crippen LogP contribution in [0.2, 0.25) is 0 Å². The fourth-order valence-corrected chi connectivity index (χ4v) is 4.06. The number of carbonyl (C=O) groups excluding carboxylic acids is 2. The first-order valence-corrected chi connectivity index (χ1v) is 10.9. The van der Waals surface area contributed by atoms with Crippen molar-refractivity contribution < 1.29 is 9.59 Å². The highest BCUT2D eigenvalue weighted by atomic mass is 16.2. The number of likely N-dealkylation sites (tertiary alicyclic amines) is 1. The van der Waals surface area contributed by atoms with Gasteiger partial charge in [0, 0.05) is 24.3 Å². The maximum atomic E-state index is 13.3. The molecule has 4 nitrogen and oxygen atoms in total. The summed E-state index contributed by atoms with van der Waals surface area (Å²) in [5.41, 5.74) is 4.71. The number of anilines is 1. The van der Waals surface area contributed by atoms with Gasteiger partial charge in [-0.15, -0.1) is 0 Å². The van der Waals surface area contributed by atoms with Crippen molar-refractivity contribution in [2.24, 2.45) is 0 Å². The Balaban J connectivity index is 1.56. The van der Waals surface area contributed by atoms with Gasteiger partial charge in [-0.05, 0) is 55.2 Å². The van der Waals surface area contributed by atoms with Crippen LogP contribution in [0.3, 0.4) is 0 Å². The number of hydrogen-bond acceptors (Lipinski definition) is 2. The fourth-order valence-electron chi connectivity index (χ4n) is 4.06. The van der Waals surface area contributed by atoms with Crippen LogP contribution in [0.1, 0.15) is 39.9 Å².